The van der Waals surface area contributed by atoms with Crippen molar-refractivity contribution in [1.82, 2.24) is 10.2 Å². The van der Waals surface area contributed by atoms with Gasteiger partial charge >= 0.3 is 0 Å². The number of anilines is 1. The van der Waals surface area contributed by atoms with E-state index in [2.05, 4.69) is 15.5 Å². The van der Waals surface area contributed by atoms with Crippen molar-refractivity contribution in [3.8, 4) is 0 Å². The molecule has 1 heterocycles. The van der Waals surface area contributed by atoms with Crippen LogP contribution in [0, 0.1) is 11.6 Å². The van der Waals surface area contributed by atoms with Gasteiger partial charge in [-0.25, -0.2) is 8.78 Å². The van der Waals surface area contributed by atoms with Crippen molar-refractivity contribution in [2.24, 2.45) is 0 Å². The number of aromatic nitrogens is 2. The molecule has 0 saturated carbocycles. The van der Waals surface area contributed by atoms with Gasteiger partial charge in [-0.15, -0.1) is 10.2 Å². The monoisotopic (exact) mass is 283 g/mol. The molecule has 0 aliphatic rings. The van der Waals surface area contributed by atoms with E-state index in [9.17, 15) is 13.6 Å². The summed E-state index contributed by atoms with van der Waals surface area (Å²) in [6.45, 7) is 3.87. The minimum absolute atomic E-state index is 0.174. The molecule has 1 amide bonds. The summed E-state index contributed by atoms with van der Waals surface area (Å²) in [4.78, 5) is 11.8. The number of rotatable bonds is 3. The molecule has 2 rings (SSSR count). The van der Waals surface area contributed by atoms with Crippen LogP contribution in [-0.4, -0.2) is 16.1 Å². The molecule has 2 aromatic rings. The highest BCUT2D eigenvalue weighted by molar-refractivity contribution is 7.15. The molecule has 0 atom stereocenters. The lowest BCUT2D eigenvalue weighted by atomic mass is 10.2. The third-order valence-electron chi connectivity index (χ3n) is 2.34. The Kier molecular flexibility index (Phi) is 3.84. The van der Waals surface area contributed by atoms with Crippen molar-refractivity contribution in [1.29, 1.82) is 0 Å². The quantitative estimate of drug-likeness (QED) is 0.941. The van der Waals surface area contributed by atoms with Crippen LogP contribution in [0.1, 0.15) is 35.1 Å². The van der Waals surface area contributed by atoms with Gasteiger partial charge in [0.1, 0.15) is 22.2 Å². The lowest BCUT2D eigenvalue weighted by Gasteiger charge is -2.03. The highest BCUT2D eigenvalue weighted by Crippen LogP contribution is 2.23. The van der Waals surface area contributed by atoms with E-state index in [1.54, 1.807) is 0 Å². The van der Waals surface area contributed by atoms with Crippen molar-refractivity contribution < 1.29 is 13.6 Å². The third kappa shape index (κ3) is 2.93. The molecular weight excluding hydrogens is 272 g/mol. The minimum atomic E-state index is -0.911. The summed E-state index contributed by atoms with van der Waals surface area (Å²) in [5.41, 5.74) is -0.621. The highest BCUT2D eigenvalue weighted by Gasteiger charge is 2.18. The van der Waals surface area contributed by atoms with E-state index in [0.717, 1.165) is 17.1 Å². The molecule has 0 bridgehead atoms. The first-order valence-electron chi connectivity index (χ1n) is 5.57. The molecule has 19 heavy (non-hydrogen) atoms. The van der Waals surface area contributed by atoms with Crippen LogP contribution < -0.4 is 5.32 Å². The fourth-order valence-corrected chi connectivity index (χ4v) is 2.13. The van der Waals surface area contributed by atoms with Crippen LogP contribution in [0.2, 0.25) is 0 Å². The molecule has 0 unspecified atom stereocenters. The van der Waals surface area contributed by atoms with Gasteiger partial charge in [0.15, 0.2) is 0 Å². The van der Waals surface area contributed by atoms with Crippen LogP contribution in [-0.2, 0) is 0 Å². The summed E-state index contributed by atoms with van der Waals surface area (Å²) in [7, 11) is 0. The zero-order chi connectivity index (χ0) is 14.0. The number of amides is 1. The largest absolute Gasteiger partial charge is 0.296 e. The molecule has 0 spiro atoms. The maximum atomic E-state index is 13.4. The first-order chi connectivity index (χ1) is 8.99. The first kappa shape index (κ1) is 13.5. The Hall–Kier alpha value is -1.89. The van der Waals surface area contributed by atoms with E-state index in [1.165, 1.54) is 17.4 Å². The SMILES string of the molecule is CC(C)c1nnc(NC(=O)c2c(F)cccc2F)s1. The van der Waals surface area contributed by atoms with E-state index in [-0.39, 0.29) is 11.0 Å². The number of benzene rings is 1. The van der Waals surface area contributed by atoms with Crippen LogP contribution in [0.25, 0.3) is 0 Å². The number of nitrogens with one attached hydrogen (secondary N) is 1. The lowest BCUT2D eigenvalue weighted by molar-refractivity contribution is 0.101. The average molecular weight is 283 g/mol. The van der Waals surface area contributed by atoms with Gasteiger partial charge in [-0.2, -0.15) is 0 Å². The predicted molar refractivity (Wildman–Crippen MR) is 68.3 cm³/mol. The molecule has 7 heteroatoms. The first-order valence-corrected chi connectivity index (χ1v) is 6.39. The zero-order valence-corrected chi connectivity index (χ0v) is 11.1. The second-order valence-corrected chi connectivity index (χ2v) is 5.16. The van der Waals surface area contributed by atoms with Crippen LogP contribution in [0.15, 0.2) is 18.2 Å². The number of hydrogen-bond acceptors (Lipinski definition) is 4. The third-order valence-corrected chi connectivity index (χ3v) is 3.48. The zero-order valence-electron chi connectivity index (χ0n) is 10.3. The van der Waals surface area contributed by atoms with Crippen LogP contribution in [0.3, 0.4) is 0 Å². The molecule has 0 aliphatic heterocycles. The standard InChI is InChI=1S/C12H11F2N3OS/c1-6(2)11-16-17-12(19-11)15-10(18)9-7(13)4-3-5-8(9)14/h3-6H,1-2H3,(H,15,17,18). The fraction of sp³-hybridized carbons (Fsp3) is 0.250. The number of hydrogen-bond donors (Lipinski definition) is 1. The topological polar surface area (TPSA) is 54.9 Å². The highest BCUT2D eigenvalue weighted by atomic mass is 32.1. The fourth-order valence-electron chi connectivity index (χ4n) is 1.39. The Bertz CT molecular complexity index is 593. The summed E-state index contributed by atoms with van der Waals surface area (Å²) < 4.78 is 26.8. The van der Waals surface area contributed by atoms with Crippen LogP contribution >= 0.6 is 11.3 Å². The molecule has 4 nitrogen and oxygen atoms in total. The molecular formula is C12H11F2N3OS. The maximum absolute atomic E-state index is 13.4. The van der Waals surface area contributed by atoms with Crippen molar-refractivity contribution in [2.45, 2.75) is 19.8 Å². The van der Waals surface area contributed by atoms with Crippen molar-refractivity contribution in [3.63, 3.8) is 0 Å². The Morgan fingerprint density at radius 1 is 1.26 bits per heavy atom. The smallest absolute Gasteiger partial charge is 0.263 e. The number of carbonyl (C=O) groups excluding carboxylic acids is 1. The predicted octanol–water partition coefficient (Wildman–Crippen LogP) is 3.19. The normalized spacial score (nSPS) is 10.8. The van der Waals surface area contributed by atoms with E-state index in [1.807, 2.05) is 13.8 Å². The molecule has 0 fully saturated rings. The summed E-state index contributed by atoms with van der Waals surface area (Å²) in [5, 5.41) is 10.9. The minimum Gasteiger partial charge on any atom is -0.296 e. The lowest BCUT2D eigenvalue weighted by Crippen LogP contribution is -2.15. The van der Waals surface area contributed by atoms with Crippen LogP contribution in [0.5, 0.6) is 0 Å². The Morgan fingerprint density at radius 2 is 1.89 bits per heavy atom. The Balaban J connectivity index is 2.21. The van der Waals surface area contributed by atoms with Gasteiger partial charge in [-0.3, -0.25) is 10.1 Å². The van der Waals surface area contributed by atoms with Gasteiger partial charge in [0, 0.05) is 5.92 Å². The molecule has 0 radical (unpaired) electrons. The van der Waals surface area contributed by atoms with Crippen molar-refractivity contribution >= 4 is 22.4 Å². The molecule has 1 N–H and O–H groups in total. The summed E-state index contributed by atoms with van der Waals surface area (Å²) in [6, 6.07) is 3.25. The van der Waals surface area contributed by atoms with E-state index in [0.29, 0.717) is 0 Å². The molecule has 1 aromatic carbocycles. The van der Waals surface area contributed by atoms with Crippen LogP contribution in [0.4, 0.5) is 13.9 Å². The summed E-state index contributed by atoms with van der Waals surface area (Å²) in [6.07, 6.45) is 0. The maximum Gasteiger partial charge on any atom is 0.263 e. The van der Waals surface area contributed by atoms with Gasteiger partial charge in [-0.1, -0.05) is 31.3 Å². The summed E-state index contributed by atoms with van der Waals surface area (Å²) >= 11 is 1.18. The summed E-state index contributed by atoms with van der Waals surface area (Å²) in [5.74, 6) is -2.52. The van der Waals surface area contributed by atoms with Crippen molar-refractivity contribution in [2.75, 3.05) is 5.32 Å². The van der Waals surface area contributed by atoms with Crippen molar-refractivity contribution in [3.05, 3.63) is 40.4 Å². The average Bonchev–Trinajstić information content (AvgIpc) is 2.77. The van der Waals surface area contributed by atoms with Gasteiger partial charge in [0.2, 0.25) is 5.13 Å². The number of carbonyl (C=O) groups is 1. The van der Waals surface area contributed by atoms with Gasteiger partial charge < -0.3 is 0 Å². The van der Waals surface area contributed by atoms with E-state index >= 15 is 0 Å². The number of nitrogens with zero attached hydrogens (tertiary/aromatic N) is 2. The molecule has 1 aromatic heterocycles. The second-order valence-electron chi connectivity index (χ2n) is 4.15. The van der Waals surface area contributed by atoms with E-state index < -0.39 is 23.1 Å². The van der Waals surface area contributed by atoms with Gasteiger partial charge in [0.05, 0.1) is 0 Å². The number of halogens is 2. The molecule has 0 aliphatic carbocycles. The van der Waals surface area contributed by atoms with Gasteiger partial charge in [0.25, 0.3) is 5.91 Å². The van der Waals surface area contributed by atoms with E-state index in [4.69, 9.17) is 0 Å². The van der Waals surface area contributed by atoms with Gasteiger partial charge in [-0.05, 0) is 12.1 Å². The Labute approximate surface area is 112 Å². The Morgan fingerprint density at radius 3 is 2.42 bits per heavy atom. The second kappa shape index (κ2) is 5.40. The molecule has 0 saturated heterocycles. The molecule has 100 valence electrons.